The van der Waals surface area contributed by atoms with E-state index < -0.39 is 5.60 Å². The summed E-state index contributed by atoms with van der Waals surface area (Å²) in [6, 6.07) is 8.29. The van der Waals surface area contributed by atoms with Gasteiger partial charge in [0, 0.05) is 37.0 Å². The van der Waals surface area contributed by atoms with Gasteiger partial charge >= 0.3 is 0 Å². The summed E-state index contributed by atoms with van der Waals surface area (Å²) in [6.07, 6.45) is 0.797. The lowest BCUT2D eigenvalue weighted by Gasteiger charge is -2.18. The Morgan fingerprint density at radius 1 is 1.03 bits per heavy atom. The second-order valence-corrected chi connectivity index (χ2v) is 8.73. The van der Waals surface area contributed by atoms with Gasteiger partial charge in [-0.05, 0) is 32.0 Å². The summed E-state index contributed by atoms with van der Waals surface area (Å²) >= 11 is 0. The van der Waals surface area contributed by atoms with Gasteiger partial charge in [0.2, 0.25) is 23.6 Å². The normalized spacial score (nSPS) is 11.3. The van der Waals surface area contributed by atoms with Gasteiger partial charge in [-0.25, -0.2) is 0 Å². The van der Waals surface area contributed by atoms with Gasteiger partial charge in [0.25, 0.3) is 0 Å². The number of pyridine rings is 2. The van der Waals surface area contributed by atoms with E-state index in [2.05, 4.69) is 20.6 Å². The molecule has 0 aromatic carbocycles. The summed E-state index contributed by atoms with van der Waals surface area (Å²) in [5.74, 6) is 0.437. The van der Waals surface area contributed by atoms with Gasteiger partial charge in [0.05, 0.1) is 25.2 Å². The van der Waals surface area contributed by atoms with Gasteiger partial charge in [-0.1, -0.05) is 19.9 Å². The number of nitrogens with one attached hydrogen (secondary N) is 2. The highest BCUT2D eigenvalue weighted by molar-refractivity contribution is 5.92. The number of hydrogen-bond donors (Lipinski definition) is 4. The molecule has 34 heavy (non-hydrogen) atoms. The number of hydrogen-bond acceptors (Lipinski definition) is 8. The molecule has 186 valence electrons. The molecule has 0 aliphatic rings. The van der Waals surface area contributed by atoms with E-state index in [1.54, 1.807) is 58.0 Å². The summed E-state index contributed by atoms with van der Waals surface area (Å²) in [5.41, 5.74) is -0.400. The lowest BCUT2D eigenvalue weighted by molar-refractivity contribution is -0.119. The van der Waals surface area contributed by atoms with E-state index in [1.165, 1.54) is 0 Å². The highest BCUT2D eigenvalue weighted by atomic mass is 16.5. The number of carbonyl (C=O) groups excluding carboxylic acids is 2. The van der Waals surface area contributed by atoms with E-state index >= 15 is 0 Å². The number of anilines is 2. The number of aromatic nitrogens is 2. The zero-order chi connectivity index (χ0) is 25.1. The van der Waals surface area contributed by atoms with Gasteiger partial charge < -0.3 is 30.3 Å². The first kappa shape index (κ1) is 27.0. The van der Waals surface area contributed by atoms with E-state index in [0.29, 0.717) is 42.5 Å². The Kier molecular flexibility index (Phi) is 10.2. The van der Waals surface area contributed by atoms with Crippen LogP contribution in [0.2, 0.25) is 0 Å². The molecule has 0 radical (unpaired) electrons. The Hall–Kier alpha value is -3.24. The van der Waals surface area contributed by atoms with Crippen LogP contribution >= 0.6 is 0 Å². The van der Waals surface area contributed by atoms with Crippen molar-refractivity contribution in [1.82, 2.24) is 9.97 Å². The van der Waals surface area contributed by atoms with Gasteiger partial charge in [-0.15, -0.1) is 0 Å². The average Bonchev–Trinajstić information content (AvgIpc) is 2.75. The largest absolute Gasteiger partial charge is 0.478 e. The van der Waals surface area contributed by atoms with Crippen LogP contribution in [0.3, 0.4) is 0 Å². The second-order valence-electron chi connectivity index (χ2n) is 8.73. The minimum absolute atomic E-state index is 0.0185. The van der Waals surface area contributed by atoms with Crippen LogP contribution in [-0.2, 0) is 16.0 Å². The van der Waals surface area contributed by atoms with Crippen molar-refractivity contribution in [3.05, 3.63) is 35.9 Å². The Balaban J connectivity index is 2.11. The molecule has 2 aromatic heterocycles. The summed E-state index contributed by atoms with van der Waals surface area (Å²) in [5, 5.41) is 24.2. The molecular weight excluding hydrogens is 440 g/mol. The van der Waals surface area contributed by atoms with Crippen LogP contribution in [0.4, 0.5) is 11.6 Å². The molecule has 2 amide bonds. The van der Waals surface area contributed by atoms with Crippen molar-refractivity contribution in [3.63, 3.8) is 0 Å². The van der Waals surface area contributed by atoms with Crippen LogP contribution in [-0.4, -0.2) is 57.4 Å². The summed E-state index contributed by atoms with van der Waals surface area (Å²) in [4.78, 5) is 33.3. The fourth-order valence-corrected chi connectivity index (χ4v) is 2.63. The maximum absolute atomic E-state index is 12.7. The molecule has 0 spiro atoms. The minimum atomic E-state index is -0.920. The topological polar surface area (TPSA) is 143 Å². The number of aliphatic hydroxyl groups is 2. The van der Waals surface area contributed by atoms with E-state index in [1.807, 2.05) is 0 Å². The monoisotopic (exact) mass is 474 g/mol. The van der Waals surface area contributed by atoms with Crippen molar-refractivity contribution in [2.75, 3.05) is 30.5 Å². The summed E-state index contributed by atoms with van der Waals surface area (Å²) < 4.78 is 11.2. The highest BCUT2D eigenvalue weighted by Crippen LogP contribution is 2.22. The molecular formula is C24H34N4O6. The molecule has 10 nitrogen and oxygen atoms in total. The number of ether oxygens (including phenoxy) is 2. The van der Waals surface area contributed by atoms with Crippen LogP contribution in [0, 0.1) is 5.92 Å². The van der Waals surface area contributed by atoms with Crippen LogP contribution in [0.1, 0.15) is 46.1 Å². The molecule has 0 bridgehead atoms. The van der Waals surface area contributed by atoms with Crippen LogP contribution in [0.5, 0.6) is 11.8 Å². The number of rotatable bonds is 13. The minimum Gasteiger partial charge on any atom is -0.478 e. The lowest BCUT2D eigenvalue weighted by Crippen LogP contribution is -2.23. The van der Waals surface area contributed by atoms with Gasteiger partial charge in [0.1, 0.15) is 11.6 Å². The average molecular weight is 475 g/mol. The van der Waals surface area contributed by atoms with Crippen molar-refractivity contribution >= 4 is 23.5 Å². The third kappa shape index (κ3) is 9.72. The number of aliphatic hydroxyl groups excluding tert-OH is 1. The molecule has 0 atom stereocenters. The predicted molar refractivity (Wildman–Crippen MR) is 128 cm³/mol. The van der Waals surface area contributed by atoms with Crippen molar-refractivity contribution in [1.29, 1.82) is 0 Å². The summed E-state index contributed by atoms with van der Waals surface area (Å²) in [7, 11) is 0. The summed E-state index contributed by atoms with van der Waals surface area (Å²) in [6.45, 7) is 7.41. The molecule has 0 aliphatic heterocycles. The molecule has 0 saturated heterocycles. The smallest absolute Gasteiger partial charge is 0.230 e. The molecule has 2 rings (SSSR count). The Morgan fingerprint density at radius 2 is 1.76 bits per heavy atom. The molecule has 2 heterocycles. The van der Waals surface area contributed by atoms with Crippen LogP contribution in [0.15, 0.2) is 30.3 Å². The third-order valence-corrected chi connectivity index (χ3v) is 4.56. The van der Waals surface area contributed by atoms with Crippen molar-refractivity contribution in [2.45, 2.75) is 52.6 Å². The molecule has 0 aliphatic carbocycles. The fraction of sp³-hybridized carbons (Fsp3) is 0.500. The van der Waals surface area contributed by atoms with Gasteiger partial charge in [-0.3, -0.25) is 9.59 Å². The molecule has 2 aromatic rings. The zero-order valence-electron chi connectivity index (χ0n) is 20.1. The van der Waals surface area contributed by atoms with Gasteiger partial charge in [-0.2, -0.15) is 9.97 Å². The molecule has 0 fully saturated rings. The van der Waals surface area contributed by atoms with E-state index in [9.17, 15) is 14.7 Å². The Morgan fingerprint density at radius 3 is 2.44 bits per heavy atom. The zero-order valence-corrected chi connectivity index (χ0v) is 20.1. The molecule has 0 unspecified atom stereocenters. The van der Waals surface area contributed by atoms with Crippen molar-refractivity contribution < 1.29 is 29.3 Å². The van der Waals surface area contributed by atoms with E-state index in [-0.39, 0.29) is 43.2 Å². The van der Waals surface area contributed by atoms with E-state index in [4.69, 9.17) is 14.6 Å². The third-order valence-electron chi connectivity index (χ3n) is 4.56. The molecule has 10 heteroatoms. The maximum Gasteiger partial charge on any atom is 0.230 e. The lowest BCUT2D eigenvalue weighted by atomic mass is 10.1. The van der Waals surface area contributed by atoms with Crippen LogP contribution in [0.25, 0.3) is 0 Å². The second kappa shape index (κ2) is 12.9. The standard InChI is InChI=1S/C24H34N4O6/c1-16(2)22(31)27-19-10-9-17(23(28-19)34-14-11-24(3,4)32)15-20(30)25-18-7-5-8-21(26-18)33-13-6-12-29/h5,7-10,16,29,32H,6,11-15H2,1-4H3,(H,25,26,30)(H,27,28,31). The van der Waals surface area contributed by atoms with Crippen molar-refractivity contribution in [3.8, 4) is 11.8 Å². The first-order valence-corrected chi connectivity index (χ1v) is 11.2. The van der Waals surface area contributed by atoms with E-state index in [0.717, 1.165) is 0 Å². The molecule has 4 N–H and O–H groups in total. The number of carbonyl (C=O) groups is 2. The predicted octanol–water partition coefficient (Wildman–Crippen LogP) is 2.55. The quantitative estimate of drug-likeness (QED) is 0.324. The maximum atomic E-state index is 12.7. The number of amides is 2. The molecule has 0 saturated carbocycles. The van der Waals surface area contributed by atoms with Crippen molar-refractivity contribution in [2.24, 2.45) is 5.92 Å². The highest BCUT2D eigenvalue weighted by Gasteiger charge is 2.17. The first-order valence-electron chi connectivity index (χ1n) is 11.2. The van der Waals surface area contributed by atoms with Crippen LogP contribution < -0.4 is 20.1 Å². The Bertz CT molecular complexity index is 959. The number of nitrogens with zero attached hydrogens (tertiary/aromatic N) is 2. The fourth-order valence-electron chi connectivity index (χ4n) is 2.63. The SMILES string of the molecule is CC(C)C(=O)Nc1ccc(CC(=O)Nc2cccc(OCCCO)n2)c(OCCC(C)(C)O)n1. The first-order chi connectivity index (χ1) is 16.1. The van der Waals surface area contributed by atoms with Gasteiger partial charge in [0.15, 0.2) is 0 Å². The Labute approximate surface area is 199 Å².